The largest absolute Gasteiger partial charge is 0.375 e. The van der Waals surface area contributed by atoms with Crippen molar-refractivity contribution < 1.29 is 23.9 Å². The van der Waals surface area contributed by atoms with Crippen LogP contribution in [0.4, 0.5) is 4.79 Å². The van der Waals surface area contributed by atoms with Gasteiger partial charge in [0.25, 0.3) is 0 Å². The van der Waals surface area contributed by atoms with E-state index in [4.69, 9.17) is 4.74 Å². The van der Waals surface area contributed by atoms with Gasteiger partial charge in [0.2, 0.25) is 17.7 Å². The number of rotatable bonds is 5. The molecule has 0 radical (unpaired) electrons. The van der Waals surface area contributed by atoms with Gasteiger partial charge < -0.3 is 30.5 Å². The summed E-state index contributed by atoms with van der Waals surface area (Å²) in [5, 5.41) is 8.58. The van der Waals surface area contributed by atoms with Crippen molar-refractivity contribution in [3.05, 3.63) is 0 Å². The zero-order chi connectivity index (χ0) is 21.5. The monoisotopic (exact) mass is 423 g/mol. The fourth-order valence-electron chi connectivity index (χ4n) is 4.37. The predicted molar refractivity (Wildman–Crippen MR) is 109 cm³/mol. The van der Waals surface area contributed by atoms with Gasteiger partial charge in [-0.2, -0.15) is 0 Å². The van der Waals surface area contributed by atoms with Crippen LogP contribution in [0.2, 0.25) is 0 Å². The first kappa shape index (κ1) is 22.3. The smallest absolute Gasteiger partial charge is 0.318 e. The molecule has 0 spiro atoms. The Hall–Kier alpha value is -2.36. The molecule has 3 rings (SSSR count). The summed E-state index contributed by atoms with van der Waals surface area (Å²) in [6.07, 6.45) is 6.59. The highest BCUT2D eigenvalue weighted by Crippen LogP contribution is 2.19. The lowest BCUT2D eigenvalue weighted by molar-refractivity contribution is -0.141. The molecule has 0 aromatic carbocycles. The number of carbonyl (C=O) groups excluding carboxylic acids is 4. The topological polar surface area (TPSA) is 120 Å². The van der Waals surface area contributed by atoms with Crippen molar-refractivity contribution in [2.75, 3.05) is 39.9 Å². The standard InChI is InChI=1S/C20H33N5O5/c1-30-13-17(26)24-10-11-25(20(29)22-14-6-3-2-4-7-14)16(12-24)19(28)23-15-8-5-9-21-18(15)27/h14-16H,2-13H2,1H3,(H,21,27)(H,22,29)(H,23,28). The highest BCUT2D eigenvalue weighted by atomic mass is 16.5. The highest BCUT2D eigenvalue weighted by molar-refractivity contribution is 5.93. The molecule has 0 aromatic rings. The van der Waals surface area contributed by atoms with Crippen LogP contribution in [-0.2, 0) is 19.1 Å². The second-order valence-electron chi connectivity index (χ2n) is 8.26. The Kier molecular flexibility index (Phi) is 7.89. The molecule has 1 saturated carbocycles. The average molecular weight is 424 g/mol. The van der Waals surface area contributed by atoms with Gasteiger partial charge in [-0.05, 0) is 25.7 Å². The van der Waals surface area contributed by atoms with E-state index >= 15 is 0 Å². The third-order valence-corrected chi connectivity index (χ3v) is 6.10. The predicted octanol–water partition coefficient (Wildman–Crippen LogP) is -0.417. The fourth-order valence-corrected chi connectivity index (χ4v) is 4.37. The van der Waals surface area contributed by atoms with Crippen LogP contribution in [0.5, 0.6) is 0 Å². The van der Waals surface area contributed by atoms with Gasteiger partial charge in [-0.3, -0.25) is 14.4 Å². The minimum Gasteiger partial charge on any atom is -0.375 e. The van der Waals surface area contributed by atoms with Crippen molar-refractivity contribution in [1.29, 1.82) is 0 Å². The molecule has 10 heteroatoms. The Morgan fingerprint density at radius 1 is 1.07 bits per heavy atom. The van der Waals surface area contributed by atoms with Gasteiger partial charge in [0.1, 0.15) is 18.7 Å². The van der Waals surface area contributed by atoms with Crippen molar-refractivity contribution in [3.8, 4) is 0 Å². The van der Waals surface area contributed by atoms with Gasteiger partial charge >= 0.3 is 6.03 Å². The zero-order valence-corrected chi connectivity index (χ0v) is 17.7. The molecule has 3 fully saturated rings. The van der Waals surface area contributed by atoms with Crippen molar-refractivity contribution in [2.24, 2.45) is 0 Å². The van der Waals surface area contributed by atoms with Gasteiger partial charge in [0.15, 0.2) is 0 Å². The molecule has 2 atom stereocenters. The maximum atomic E-state index is 13.1. The number of nitrogens with zero attached hydrogens (tertiary/aromatic N) is 2. The molecule has 3 N–H and O–H groups in total. The molecule has 2 saturated heterocycles. The maximum Gasteiger partial charge on any atom is 0.318 e. The van der Waals surface area contributed by atoms with E-state index in [1.165, 1.54) is 18.4 Å². The number of nitrogens with one attached hydrogen (secondary N) is 3. The van der Waals surface area contributed by atoms with Gasteiger partial charge in [0.05, 0.1) is 6.54 Å². The number of methoxy groups -OCH3 is 1. The lowest BCUT2D eigenvalue weighted by Gasteiger charge is -2.41. The first-order chi connectivity index (χ1) is 14.5. The van der Waals surface area contributed by atoms with Crippen LogP contribution >= 0.6 is 0 Å². The lowest BCUT2D eigenvalue weighted by Crippen LogP contribution is -2.65. The summed E-state index contributed by atoms with van der Waals surface area (Å²) in [7, 11) is 1.44. The minimum atomic E-state index is -0.849. The zero-order valence-electron chi connectivity index (χ0n) is 17.7. The SMILES string of the molecule is COCC(=O)N1CCN(C(=O)NC2CCCCC2)C(C(=O)NC2CCCNC2=O)C1. The Bertz CT molecular complexity index is 651. The maximum absolute atomic E-state index is 13.1. The van der Waals surface area contributed by atoms with Gasteiger partial charge in [-0.25, -0.2) is 4.79 Å². The molecule has 2 aliphatic heterocycles. The van der Waals surface area contributed by atoms with Crippen molar-refractivity contribution in [2.45, 2.75) is 63.1 Å². The van der Waals surface area contributed by atoms with E-state index in [1.54, 1.807) is 4.90 Å². The van der Waals surface area contributed by atoms with Crippen LogP contribution in [0.25, 0.3) is 0 Å². The minimum absolute atomic E-state index is 0.0758. The third kappa shape index (κ3) is 5.62. The molecular formula is C20H33N5O5. The number of hydrogen-bond acceptors (Lipinski definition) is 5. The first-order valence-corrected chi connectivity index (χ1v) is 10.9. The third-order valence-electron chi connectivity index (χ3n) is 6.10. The number of ether oxygens (including phenoxy) is 1. The number of hydrogen-bond donors (Lipinski definition) is 3. The van der Waals surface area contributed by atoms with Crippen LogP contribution < -0.4 is 16.0 Å². The number of piperazine rings is 1. The molecule has 2 heterocycles. The summed E-state index contributed by atoms with van der Waals surface area (Å²) < 4.78 is 4.93. The quantitative estimate of drug-likeness (QED) is 0.555. The van der Waals surface area contributed by atoms with Gasteiger partial charge in [0, 0.05) is 32.8 Å². The number of piperidine rings is 1. The van der Waals surface area contributed by atoms with Crippen LogP contribution in [0.15, 0.2) is 0 Å². The molecule has 0 bridgehead atoms. The second kappa shape index (κ2) is 10.6. The molecule has 1 aliphatic carbocycles. The van der Waals surface area contributed by atoms with E-state index in [9.17, 15) is 19.2 Å². The van der Waals surface area contributed by atoms with E-state index in [0.717, 1.165) is 32.1 Å². The summed E-state index contributed by atoms with van der Waals surface area (Å²) >= 11 is 0. The number of urea groups is 1. The molecule has 2 unspecified atom stereocenters. The van der Waals surface area contributed by atoms with Crippen molar-refractivity contribution in [1.82, 2.24) is 25.8 Å². The van der Waals surface area contributed by atoms with Crippen molar-refractivity contribution in [3.63, 3.8) is 0 Å². The van der Waals surface area contributed by atoms with E-state index in [-0.39, 0.29) is 43.6 Å². The molecule has 30 heavy (non-hydrogen) atoms. The lowest BCUT2D eigenvalue weighted by atomic mass is 9.95. The van der Waals surface area contributed by atoms with E-state index in [0.29, 0.717) is 19.5 Å². The summed E-state index contributed by atoms with van der Waals surface area (Å²) in [5.74, 6) is -0.847. The first-order valence-electron chi connectivity index (χ1n) is 10.9. The molecule has 5 amide bonds. The summed E-state index contributed by atoms with van der Waals surface area (Å²) in [6.45, 7) is 1.20. The Balaban J connectivity index is 1.68. The second-order valence-corrected chi connectivity index (χ2v) is 8.26. The number of carbonyl (C=O) groups is 4. The Labute approximate surface area is 177 Å². The van der Waals surface area contributed by atoms with Crippen LogP contribution in [-0.4, -0.2) is 91.6 Å². The molecular weight excluding hydrogens is 390 g/mol. The number of amides is 5. The van der Waals surface area contributed by atoms with Crippen LogP contribution in [0.1, 0.15) is 44.9 Å². The normalized spacial score (nSPS) is 25.4. The summed E-state index contributed by atoms with van der Waals surface area (Å²) in [4.78, 5) is 53.4. The average Bonchev–Trinajstić information content (AvgIpc) is 2.75. The molecule has 168 valence electrons. The van der Waals surface area contributed by atoms with Crippen LogP contribution in [0, 0.1) is 0 Å². The van der Waals surface area contributed by atoms with E-state index < -0.39 is 18.0 Å². The van der Waals surface area contributed by atoms with Gasteiger partial charge in [-0.15, -0.1) is 0 Å². The molecule has 0 aromatic heterocycles. The van der Waals surface area contributed by atoms with Crippen LogP contribution in [0.3, 0.4) is 0 Å². The fraction of sp³-hybridized carbons (Fsp3) is 0.800. The van der Waals surface area contributed by atoms with E-state index in [1.807, 2.05) is 0 Å². The molecule has 3 aliphatic rings. The molecule has 10 nitrogen and oxygen atoms in total. The highest BCUT2D eigenvalue weighted by Gasteiger charge is 2.39. The Morgan fingerprint density at radius 2 is 1.83 bits per heavy atom. The van der Waals surface area contributed by atoms with Crippen molar-refractivity contribution >= 4 is 23.8 Å². The van der Waals surface area contributed by atoms with E-state index in [2.05, 4.69) is 16.0 Å². The summed E-state index contributed by atoms with van der Waals surface area (Å²) in [6, 6.07) is -1.63. The Morgan fingerprint density at radius 3 is 2.53 bits per heavy atom. The summed E-state index contributed by atoms with van der Waals surface area (Å²) in [5.41, 5.74) is 0. The van der Waals surface area contributed by atoms with Gasteiger partial charge in [-0.1, -0.05) is 19.3 Å².